The Kier molecular flexibility index (Phi) is 5.22. The van der Waals surface area contributed by atoms with Gasteiger partial charge in [0.1, 0.15) is 6.54 Å². The minimum Gasteiger partial charge on any atom is -0.456 e. The summed E-state index contributed by atoms with van der Waals surface area (Å²) in [4.78, 5) is 40.5. The first kappa shape index (κ1) is 17.5. The van der Waals surface area contributed by atoms with Crippen LogP contribution in [0.2, 0.25) is 0 Å². The third-order valence-electron chi connectivity index (χ3n) is 4.08. The van der Waals surface area contributed by atoms with Gasteiger partial charge in [0.25, 0.3) is 5.56 Å². The topological polar surface area (TPSA) is 78.3 Å². The third kappa shape index (κ3) is 3.85. The van der Waals surface area contributed by atoms with Crippen LogP contribution in [-0.2, 0) is 22.5 Å². The maximum Gasteiger partial charge on any atom is 0.326 e. The van der Waals surface area contributed by atoms with E-state index >= 15 is 0 Å². The van der Waals surface area contributed by atoms with Gasteiger partial charge in [0.2, 0.25) is 0 Å². The van der Waals surface area contributed by atoms with Crippen LogP contribution in [0, 0.1) is 0 Å². The molecule has 26 heavy (non-hydrogen) atoms. The first-order valence-electron chi connectivity index (χ1n) is 8.30. The van der Waals surface area contributed by atoms with Crippen molar-refractivity contribution >= 4 is 22.7 Å². The van der Waals surface area contributed by atoms with Crippen molar-refractivity contribution in [2.45, 2.75) is 19.9 Å². The maximum absolute atomic E-state index is 12.3. The fourth-order valence-corrected chi connectivity index (χ4v) is 2.56. The number of aryl methyl sites for hydroxylation is 1. The molecule has 0 aliphatic carbocycles. The van der Waals surface area contributed by atoms with Crippen molar-refractivity contribution in [2.75, 3.05) is 6.61 Å². The molecule has 132 valence electrons. The van der Waals surface area contributed by atoms with E-state index in [9.17, 15) is 14.4 Å². The van der Waals surface area contributed by atoms with Crippen LogP contribution in [0.25, 0.3) is 10.9 Å². The fraction of sp³-hybridized carbons (Fsp3) is 0.200. The Morgan fingerprint density at radius 1 is 1.08 bits per heavy atom. The molecule has 1 heterocycles. The molecule has 0 N–H and O–H groups in total. The van der Waals surface area contributed by atoms with Crippen molar-refractivity contribution in [3.8, 4) is 0 Å². The van der Waals surface area contributed by atoms with E-state index in [1.165, 1.54) is 10.9 Å². The summed E-state index contributed by atoms with van der Waals surface area (Å²) in [7, 11) is 0. The SMILES string of the molecule is CCc1ccc(C(=O)COC(=O)Cn2cnc3ccccc3c2=O)cc1. The van der Waals surface area contributed by atoms with Crippen LogP contribution in [0.3, 0.4) is 0 Å². The minimum absolute atomic E-state index is 0.287. The Bertz CT molecular complexity index is 1010. The van der Waals surface area contributed by atoms with Gasteiger partial charge >= 0.3 is 5.97 Å². The molecule has 0 spiro atoms. The van der Waals surface area contributed by atoms with Crippen LogP contribution in [0.4, 0.5) is 0 Å². The number of ether oxygens (including phenoxy) is 1. The van der Waals surface area contributed by atoms with Gasteiger partial charge in [-0.3, -0.25) is 19.0 Å². The number of para-hydroxylation sites is 1. The number of Topliss-reactive ketones (excluding diaryl/α,β-unsaturated/α-hetero) is 1. The number of carbonyl (C=O) groups excluding carboxylic acids is 2. The van der Waals surface area contributed by atoms with E-state index in [-0.39, 0.29) is 24.5 Å². The van der Waals surface area contributed by atoms with E-state index in [1.54, 1.807) is 36.4 Å². The molecule has 6 heteroatoms. The predicted molar refractivity (Wildman–Crippen MR) is 97.1 cm³/mol. The van der Waals surface area contributed by atoms with Crippen LogP contribution < -0.4 is 5.56 Å². The number of ketones is 1. The molecule has 0 saturated carbocycles. The van der Waals surface area contributed by atoms with Crippen molar-refractivity contribution in [2.24, 2.45) is 0 Å². The molecular formula is C20H18N2O4. The summed E-state index contributed by atoms with van der Waals surface area (Å²) in [5.74, 6) is -0.951. The van der Waals surface area contributed by atoms with E-state index in [2.05, 4.69) is 4.98 Å². The fourth-order valence-electron chi connectivity index (χ4n) is 2.56. The summed E-state index contributed by atoms with van der Waals surface area (Å²) in [5, 5.41) is 0.426. The predicted octanol–water partition coefficient (Wildman–Crippen LogP) is 2.39. The van der Waals surface area contributed by atoms with Gasteiger partial charge in [-0.25, -0.2) is 4.98 Å². The van der Waals surface area contributed by atoms with Gasteiger partial charge in [0.05, 0.1) is 17.2 Å². The molecule has 0 unspecified atom stereocenters. The van der Waals surface area contributed by atoms with Crippen LogP contribution in [0.15, 0.2) is 59.7 Å². The van der Waals surface area contributed by atoms with Crippen LogP contribution in [0.5, 0.6) is 0 Å². The summed E-state index contributed by atoms with van der Waals surface area (Å²) in [6, 6.07) is 14.1. The van der Waals surface area contributed by atoms with Gasteiger partial charge < -0.3 is 4.74 Å². The summed E-state index contributed by atoms with van der Waals surface area (Å²) in [6.45, 7) is 1.38. The van der Waals surface area contributed by atoms with Crippen LogP contribution in [-0.4, -0.2) is 27.9 Å². The quantitative estimate of drug-likeness (QED) is 0.504. The second-order valence-electron chi connectivity index (χ2n) is 5.83. The van der Waals surface area contributed by atoms with Crippen molar-refractivity contribution in [1.82, 2.24) is 9.55 Å². The Morgan fingerprint density at radius 3 is 2.54 bits per heavy atom. The van der Waals surface area contributed by atoms with E-state index in [0.717, 1.165) is 12.0 Å². The van der Waals surface area contributed by atoms with Crippen LogP contribution in [0.1, 0.15) is 22.8 Å². The highest BCUT2D eigenvalue weighted by Crippen LogP contribution is 2.07. The Balaban J connectivity index is 1.63. The second-order valence-corrected chi connectivity index (χ2v) is 5.83. The van der Waals surface area contributed by atoms with Gasteiger partial charge in [0.15, 0.2) is 12.4 Å². The largest absolute Gasteiger partial charge is 0.456 e. The second kappa shape index (κ2) is 7.74. The van der Waals surface area contributed by atoms with Gasteiger partial charge in [-0.1, -0.05) is 43.3 Å². The van der Waals surface area contributed by atoms with Crippen molar-refractivity contribution in [1.29, 1.82) is 0 Å². The molecule has 1 aromatic heterocycles. The lowest BCUT2D eigenvalue weighted by atomic mass is 10.1. The molecule has 0 amide bonds. The smallest absolute Gasteiger partial charge is 0.326 e. The molecule has 6 nitrogen and oxygen atoms in total. The van der Waals surface area contributed by atoms with E-state index < -0.39 is 5.97 Å². The number of benzene rings is 2. The normalized spacial score (nSPS) is 10.7. The summed E-state index contributed by atoms with van der Waals surface area (Å²) in [5.41, 5.74) is 1.85. The van der Waals surface area contributed by atoms with Gasteiger partial charge in [0, 0.05) is 5.56 Å². The zero-order valence-corrected chi connectivity index (χ0v) is 14.3. The van der Waals surface area contributed by atoms with Crippen molar-refractivity contribution in [3.05, 3.63) is 76.3 Å². The maximum atomic E-state index is 12.3. The molecule has 3 aromatic rings. The van der Waals surface area contributed by atoms with E-state index in [4.69, 9.17) is 4.74 Å². The molecule has 2 aromatic carbocycles. The number of hydrogen-bond acceptors (Lipinski definition) is 5. The van der Waals surface area contributed by atoms with E-state index in [0.29, 0.717) is 16.5 Å². The first-order chi connectivity index (χ1) is 12.6. The highest BCUT2D eigenvalue weighted by Gasteiger charge is 2.12. The van der Waals surface area contributed by atoms with Crippen LogP contribution >= 0.6 is 0 Å². The average molecular weight is 350 g/mol. The number of hydrogen-bond donors (Lipinski definition) is 0. The number of esters is 1. The zero-order chi connectivity index (χ0) is 18.5. The zero-order valence-electron chi connectivity index (χ0n) is 14.3. The standard InChI is InChI=1S/C20H18N2O4/c1-2-14-7-9-15(10-8-14)18(23)12-26-19(24)11-22-13-21-17-6-4-3-5-16(17)20(22)25/h3-10,13H,2,11-12H2,1H3. The average Bonchev–Trinajstić information content (AvgIpc) is 2.68. The number of rotatable bonds is 6. The summed E-state index contributed by atoms with van der Waals surface area (Å²) in [6.07, 6.45) is 2.19. The lowest BCUT2D eigenvalue weighted by molar-refractivity contribution is -0.143. The Morgan fingerprint density at radius 2 is 1.81 bits per heavy atom. The molecule has 0 atom stereocenters. The summed E-state index contributed by atoms with van der Waals surface area (Å²) < 4.78 is 6.18. The number of carbonyl (C=O) groups is 2. The molecule has 0 aliphatic heterocycles. The highest BCUT2D eigenvalue weighted by atomic mass is 16.5. The number of nitrogens with zero attached hydrogens (tertiary/aromatic N) is 2. The van der Waals surface area contributed by atoms with Crippen molar-refractivity contribution in [3.63, 3.8) is 0 Å². The van der Waals surface area contributed by atoms with Gasteiger partial charge in [-0.2, -0.15) is 0 Å². The van der Waals surface area contributed by atoms with Gasteiger partial charge in [-0.05, 0) is 24.1 Å². The molecule has 3 rings (SSSR count). The molecule has 0 radical (unpaired) electrons. The Labute approximate surface area is 150 Å². The lowest BCUT2D eigenvalue weighted by Crippen LogP contribution is -2.26. The lowest BCUT2D eigenvalue weighted by Gasteiger charge is -2.07. The number of aromatic nitrogens is 2. The van der Waals surface area contributed by atoms with Gasteiger partial charge in [-0.15, -0.1) is 0 Å². The number of fused-ring (bicyclic) bond motifs is 1. The summed E-state index contributed by atoms with van der Waals surface area (Å²) >= 11 is 0. The van der Waals surface area contributed by atoms with E-state index in [1.807, 2.05) is 19.1 Å². The molecule has 0 fully saturated rings. The first-order valence-corrected chi connectivity index (χ1v) is 8.30. The minimum atomic E-state index is -0.664. The Hall–Kier alpha value is -3.28. The molecule has 0 saturated heterocycles. The third-order valence-corrected chi connectivity index (χ3v) is 4.08. The highest BCUT2D eigenvalue weighted by molar-refractivity contribution is 5.97. The molecule has 0 aliphatic rings. The molecular weight excluding hydrogens is 332 g/mol. The monoisotopic (exact) mass is 350 g/mol. The van der Waals surface area contributed by atoms with Crippen molar-refractivity contribution < 1.29 is 14.3 Å². The molecule has 0 bridgehead atoms.